The van der Waals surface area contributed by atoms with Crippen molar-refractivity contribution >= 4 is 23.4 Å². The summed E-state index contributed by atoms with van der Waals surface area (Å²) < 4.78 is 0. The molecule has 2 fully saturated rings. The van der Waals surface area contributed by atoms with Gasteiger partial charge in [-0.15, -0.1) is 0 Å². The molecule has 0 unspecified atom stereocenters. The molecule has 1 saturated heterocycles. The van der Waals surface area contributed by atoms with E-state index in [0.717, 1.165) is 25.7 Å². The number of nitrogens with zero attached hydrogens (tertiary/aromatic N) is 1. The lowest BCUT2D eigenvalue weighted by atomic mass is 9.95. The van der Waals surface area contributed by atoms with E-state index in [0.29, 0.717) is 24.7 Å². The summed E-state index contributed by atoms with van der Waals surface area (Å²) in [7, 11) is 0. The molecule has 100 valence electrons. The lowest BCUT2D eigenvalue weighted by Gasteiger charge is -2.31. The van der Waals surface area contributed by atoms with Crippen molar-refractivity contribution in [1.29, 1.82) is 0 Å². The fraction of sp³-hybridized carbons (Fsp3) is 0.692. The number of hydrogen-bond acceptors (Lipinski definition) is 2. The SMILES string of the molecule is C=C(Cl)CNC(=O)C1CCN(C(=O)C2CC2)CC1. The van der Waals surface area contributed by atoms with E-state index >= 15 is 0 Å². The van der Waals surface area contributed by atoms with Gasteiger partial charge in [-0.25, -0.2) is 0 Å². The molecule has 5 heteroatoms. The lowest BCUT2D eigenvalue weighted by molar-refractivity contribution is -0.136. The molecule has 18 heavy (non-hydrogen) atoms. The van der Waals surface area contributed by atoms with Gasteiger partial charge in [-0.05, 0) is 25.7 Å². The molecule has 4 nitrogen and oxygen atoms in total. The van der Waals surface area contributed by atoms with Crippen LogP contribution in [0.2, 0.25) is 0 Å². The van der Waals surface area contributed by atoms with Crippen LogP contribution in [0.3, 0.4) is 0 Å². The van der Waals surface area contributed by atoms with Gasteiger partial charge in [-0.3, -0.25) is 9.59 Å². The Hall–Kier alpha value is -1.03. The fourth-order valence-electron chi connectivity index (χ4n) is 2.28. The summed E-state index contributed by atoms with van der Waals surface area (Å²) in [6, 6.07) is 0. The van der Waals surface area contributed by atoms with Gasteiger partial charge in [0.15, 0.2) is 0 Å². The molecule has 0 aromatic rings. The largest absolute Gasteiger partial charge is 0.351 e. The average molecular weight is 271 g/mol. The number of nitrogens with one attached hydrogen (secondary N) is 1. The topological polar surface area (TPSA) is 49.4 Å². The zero-order valence-electron chi connectivity index (χ0n) is 10.5. The van der Waals surface area contributed by atoms with Crippen molar-refractivity contribution in [3.63, 3.8) is 0 Å². The van der Waals surface area contributed by atoms with Gasteiger partial charge in [-0.2, -0.15) is 0 Å². The maximum atomic E-state index is 11.8. The minimum Gasteiger partial charge on any atom is -0.351 e. The predicted octanol–water partition coefficient (Wildman–Crippen LogP) is 1.50. The Bertz CT molecular complexity index is 358. The van der Waals surface area contributed by atoms with E-state index in [-0.39, 0.29) is 23.7 Å². The van der Waals surface area contributed by atoms with Crippen LogP contribution >= 0.6 is 11.6 Å². The van der Waals surface area contributed by atoms with Crippen LogP contribution in [-0.4, -0.2) is 36.3 Å². The Labute approximate surface area is 112 Å². The number of likely N-dealkylation sites (tertiary alicyclic amines) is 1. The van der Waals surface area contributed by atoms with Crippen LogP contribution in [-0.2, 0) is 9.59 Å². The second kappa shape index (κ2) is 5.74. The molecule has 1 saturated carbocycles. The number of halogens is 1. The number of hydrogen-bond donors (Lipinski definition) is 1. The molecule has 0 radical (unpaired) electrons. The first-order valence-electron chi connectivity index (χ1n) is 6.47. The summed E-state index contributed by atoms with van der Waals surface area (Å²) in [6.07, 6.45) is 3.58. The zero-order valence-corrected chi connectivity index (χ0v) is 11.2. The quantitative estimate of drug-likeness (QED) is 0.842. The van der Waals surface area contributed by atoms with Crippen molar-refractivity contribution in [2.24, 2.45) is 11.8 Å². The van der Waals surface area contributed by atoms with Crippen LogP contribution in [0.15, 0.2) is 11.6 Å². The molecule has 0 aromatic carbocycles. The van der Waals surface area contributed by atoms with Crippen molar-refractivity contribution in [3.05, 3.63) is 11.6 Å². The second-order valence-corrected chi connectivity index (χ2v) is 5.64. The van der Waals surface area contributed by atoms with Crippen molar-refractivity contribution in [2.75, 3.05) is 19.6 Å². The highest BCUT2D eigenvalue weighted by atomic mass is 35.5. The molecule has 1 aliphatic carbocycles. The summed E-state index contributed by atoms with van der Waals surface area (Å²) in [5, 5.41) is 3.19. The van der Waals surface area contributed by atoms with Gasteiger partial charge in [0.2, 0.25) is 11.8 Å². The Balaban J connectivity index is 1.73. The molecule has 2 rings (SSSR count). The lowest BCUT2D eigenvalue weighted by Crippen LogP contribution is -2.43. The molecule has 1 aliphatic heterocycles. The summed E-state index contributed by atoms with van der Waals surface area (Å²) in [6.45, 7) is 5.26. The molecule has 0 spiro atoms. The zero-order chi connectivity index (χ0) is 13.1. The molecular formula is C13H19ClN2O2. The van der Waals surface area contributed by atoms with E-state index in [1.807, 2.05) is 4.90 Å². The first-order chi connectivity index (χ1) is 8.58. The smallest absolute Gasteiger partial charge is 0.225 e. The molecular weight excluding hydrogens is 252 g/mol. The molecule has 0 bridgehead atoms. The monoisotopic (exact) mass is 270 g/mol. The van der Waals surface area contributed by atoms with Gasteiger partial charge in [0.25, 0.3) is 0 Å². The van der Waals surface area contributed by atoms with E-state index in [2.05, 4.69) is 11.9 Å². The van der Waals surface area contributed by atoms with Gasteiger partial charge in [0.1, 0.15) is 0 Å². The Morgan fingerprint density at radius 2 is 1.78 bits per heavy atom. The van der Waals surface area contributed by atoms with Gasteiger partial charge < -0.3 is 10.2 Å². The normalized spacial score (nSPS) is 20.6. The summed E-state index contributed by atoms with van der Waals surface area (Å²) in [5.74, 6) is 0.581. The predicted molar refractivity (Wildman–Crippen MR) is 70.0 cm³/mol. The van der Waals surface area contributed by atoms with Crippen LogP contribution in [0.4, 0.5) is 0 Å². The highest BCUT2D eigenvalue weighted by molar-refractivity contribution is 6.29. The van der Waals surface area contributed by atoms with Gasteiger partial charge >= 0.3 is 0 Å². The van der Waals surface area contributed by atoms with Crippen LogP contribution in [0.1, 0.15) is 25.7 Å². The van der Waals surface area contributed by atoms with Crippen molar-refractivity contribution in [2.45, 2.75) is 25.7 Å². The van der Waals surface area contributed by atoms with E-state index in [1.54, 1.807) is 0 Å². The second-order valence-electron chi connectivity index (χ2n) is 5.11. The highest BCUT2D eigenvalue weighted by Gasteiger charge is 2.35. The minimum atomic E-state index is 0.00395. The molecule has 2 aliphatic rings. The summed E-state index contributed by atoms with van der Waals surface area (Å²) in [4.78, 5) is 25.6. The minimum absolute atomic E-state index is 0.00395. The van der Waals surface area contributed by atoms with E-state index in [1.165, 1.54) is 0 Å². The molecule has 1 heterocycles. The maximum absolute atomic E-state index is 11.8. The highest BCUT2D eigenvalue weighted by Crippen LogP contribution is 2.32. The number of carbonyl (C=O) groups is 2. The Morgan fingerprint density at radius 1 is 1.17 bits per heavy atom. The van der Waals surface area contributed by atoms with E-state index in [9.17, 15) is 9.59 Å². The van der Waals surface area contributed by atoms with Crippen molar-refractivity contribution in [1.82, 2.24) is 10.2 Å². The van der Waals surface area contributed by atoms with Crippen LogP contribution in [0.25, 0.3) is 0 Å². The first-order valence-corrected chi connectivity index (χ1v) is 6.85. The van der Waals surface area contributed by atoms with Crippen molar-refractivity contribution < 1.29 is 9.59 Å². The van der Waals surface area contributed by atoms with Crippen LogP contribution in [0, 0.1) is 11.8 Å². The Kier molecular flexibility index (Phi) is 4.27. The van der Waals surface area contributed by atoms with E-state index in [4.69, 9.17) is 11.6 Å². The van der Waals surface area contributed by atoms with Gasteiger partial charge in [0, 0.05) is 30.0 Å². The third-order valence-corrected chi connectivity index (χ3v) is 3.69. The Morgan fingerprint density at radius 3 is 2.28 bits per heavy atom. The summed E-state index contributed by atoms with van der Waals surface area (Å²) >= 11 is 5.61. The standard InChI is InChI=1S/C13H19ClN2O2/c1-9(14)8-15-12(17)10-4-6-16(7-5-10)13(18)11-2-3-11/h10-11H,1-8H2,(H,15,17). The maximum Gasteiger partial charge on any atom is 0.225 e. The number of amides is 2. The van der Waals surface area contributed by atoms with Crippen molar-refractivity contribution in [3.8, 4) is 0 Å². The molecule has 2 amide bonds. The van der Waals surface area contributed by atoms with E-state index < -0.39 is 0 Å². The average Bonchev–Trinajstić information content (AvgIpc) is 3.19. The summed E-state index contributed by atoms with van der Waals surface area (Å²) in [5.41, 5.74) is 0. The van der Waals surface area contributed by atoms with Crippen LogP contribution in [0.5, 0.6) is 0 Å². The third kappa shape index (κ3) is 3.48. The first kappa shape index (κ1) is 13.4. The molecule has 0 aromatic heterocycles. The number of piperidine rings is 1. The number of rotatable bonds is 4. The van der Waals surface area contributed by atoms with Crippen LogP contribution < -0.4 is 5.32 Å². The van der Waals surface area contributed by atoms with Gasteiger partial charge in [0.05, 0.1) is 6.54 Å². The molecule has 1 N–H and O–H groups in total. The third-order valence-electron chi connectivity index (χ3n) is 3.56. The van der Waals surface area contributed by atoms with Gasteiger partial charge in [-0.1, -0.05) is 18.2 Å². The fourth-order valence-corrected chi connectivity index (χ4v) is 2.34. The molecule has 0 atom stereocenters. The number of carbonyl (C=O) groups excluding carboxylic acids is 2.